The van der Waals surface area contributed by atoms with Crippen LogP contribution in [0.5, 0.6) is 0 Å². The second-order valence-electron chi connectivity index (χ2n) is 3.67. The molecule has 1 fully saturated rings. The second kappa shape index (κ2) is 4.14. The average Bonchev–Trinajstić information content (AvgIpc) is 3.10. The minimum Gasteiger partial charge on any atom is -0.478 e. The number of carbonyl (C=O) groups is 1. The molecule has 4 nitrogen and oxygen atoms in total. The molecule has 82 valence electrons. The predicted molar refractivity (Wildman–Crippen MR) is 59.7 cm³/mol. The van der Waals surface area contributed by atoms with E-state index in [1.54, 1.807) is 6.26 Å². The Labute approximate surface area is 97.3 Å². The zero-order valence-electron chi connectivity index (χ0n) is 8.73. The Bertz CT molecular complexity index is 489. The van der Waals surface area contributed by atoms with Crippen LogP contribution in [0.25, 0.3) is 0 Å². The molecule has 2 rings (SSSR count). The molecule has 1 heterocycles. The molecule has 0 atom stereocenters. The largest absolute Gasteiger partial charge is 0.478 e. The maximum Gasteiger partial charge on any atom is 0.337 e. The Morgan fingerprint density at radius 1 is 1.69 bits per heavy atom. The van der Waals surface area contributed by atoms with Gasteiger partial charge in [0.2, 0.25) is 0 Å². The summed E-state index contributed by atoms with van der Waals surface area (Å²) in [5.74, 6) is -0.673. The number of aromatic nitrogens is 1. The van der Waals surface area contributed by atoms with Crippen LogP contribution in [-0.4, -0.2) is 22.3 Å². The summed E-state index contributed by atoms with van der Waals surface area (Å²) in [7, 11) is 0. The number of aromatic carboxylic acids is 1. The second-order valence-corrected chi connectivity index (χ2v) is 4.47. The molecule has 5 heteroatoms. The van der Waals surface area contributed by atoms with Crippen LogP contribution < -0.4 is 0 Å². The summed E-state index contributed by atoms with van der Waals surface area (Å²) < 4.78 is 0. The molecule has 0 bridgehead atoms. The van der Waals surface area contributed by atoms with Crippen molar-refractivity contribution in [1.29, 1.82) is 5.26 Å². The summed E-state index contributed by atoms with van der Waals surface area (Å²) in [6.07, 6.45) is 3.92. The van der Waals surface area contributed by atoms with Gasteiger partial charge in [-0.15, -0.1) is 11.8 Å². The number of hydrogen-bond donors (Lipinski definition) is 1. The molecule has 1 aliphatic rings. The van der Waals surface area contributed by atoms with Crippen LogP contribution in [-0.2, 0) is 0 Å². The molecule has 1 N–H and O–H groups in total. The van der Waals surface area contributed by atoms with Crippen LogP contribution in [0.1, 0.15) is 40.4 Å². The van der Waals surface area contributed by atoms with Gasteiger partial charge in [0.25, 0.3) is 0 Å². The van der Waals surface area contributed by atoms with Crippen LogP contribution in [0.2, 0.25) is 0 Å². The van der Waals surface area contributed by atoms with Crippen molar-refractivity contribution < 1.29 is 9.90 Å². The highest BCUT2D eigenvalue weighted by molar-refractivity contribution is 7.98. The topological polar surface area (TPSA) is 74.0 Å². The molecule has 0 spiro atoms. The molecule has 1 aromatic rings. The van der Waals surface area contributed by atoms with Crippen molar-refractivity contribution in [2.75, 3.05) is 6.26 Å². The quantitative estimate of drug-likeness (QED) is 0.812. The molecular formula is C11H10N2O2S. The third kappa shape index (κ3) is 1.89. The van der Waals surface area contributed by atoms with E-state index in [-0.39, 0.29) is 11.1 Å². The lowest BCUT2D eigenvalue weighted by Gasteiger charge is -2.06. The number of nitriles is 1. The Morgan fingerprint density at radius 3 is 2.81 bits per heavy atom. The number of thioether (sulfide) groups is 1. The van der Waals surface area contributed by atoms with Gasteiger partial charge in [-0.25, -0.2) is 9.78 Å². The van der Waals surface area contributed by atoms with E-state index in [0.29, 0.717) is 10.9 Å². The SMILES string of the molecule is CSc1nc(C2CC2)cc(C(=O)O)c1C#N. The van der Waals surface area contributed by atoms with Crippen molar-refractivity contribution in [3.05, 3.63) is 22.9 Å². The highest BCUT2D eigenvalue weighted by Crippen LogP contribution is 2.40. The Balaban J connectivity index is 2.59. The van der Waals surface area contributed by atoms with Crippen molar-refractivity contribution in [3.63, 3.8) is 0 Å². The first-order chi connectivity index (χ1) is 7.67. The average molecular weight is 234 g/mol. The van der Waals surface area contributed by atoms with E-state index in [2.05, 4.69) is 4.98 Å². The molecule has 0 unspecified atom stereocenters. The van der Waals surface area contributed by atoms with Gasteiger partial charge in [0, 0.05) is 11.6 Å². The van der Waals surface area contributed by atoms with Crippen molar-refractivity contribution in [3.8, 4) is 6.07 Å². The first-order valence-corrected chi connectivity index (χ1v) is 6.12. The smallest absolute Gasteiger partial charge is 0.337 e. The van der Waals surface area contributed by atoms with Gasteiger partial charge in [0.1, 0.15) is 11.1 Å². The zero-order valence-corrected chi connectivity index (χ0v) is 9.54. The van der Waals surface area contributed by atoms with Gasteiger partial charge in [-0.2, -0.15) is 5.26 Å². The normalized spacial score (nSPS) is 14.5. The predicted octanol–water partition coefficient (Wildman–Crippen LogP) is 2.25. The van der Waals surface area contributed by atoms with Crippen LogP contribution >= 0.6 is 11.8 Å². The van der Waals surface area contributed by atoms with Gasteiger partial charge < -0.3 is 5.11 Å². The minimum absolute atomic E-state index is 0.0729. The molecule has 16 heavy (non-hydrogen) atoms. The number of rotatable bonds is 3. The fraction of sp³-hybridized carbons (Fsp3) is 0.364. The fourth-order valence-electron chi connectivity index (χ4n) is 1.55. The van der Waals surface area contributed by atoms with Gasteiger partial charge >= 0.3 is 5.97 Å². The number of nitrogens with zero attached hydrogens (tertiary/aromatic N) is 2. The van der Waals surface area contributed by atoms with Gasteiger partial charge in [-0.3, -0.25) is 0 Å². The van der Waals surface area contributed by atoms with E-state index in [9.17, 15) is 4.79 Å². The lowest BCUT2D eigenvalue weighted by molar-refractivity contribution is 0.0696. The first kappa shape index (κ1) is 11.0. The van der Waals surface area contributed by atoms with E-state index in [1.807, 2.05) is 6.07 Å². The fourth-order valence-corrected chi connectivity index (χ4v) is 2.11. The number of pyridine rings is 1. The highest BCUT2D eigenvalue weighted by Gasteiger charge is 2.28. The maximum atomic E-state index is 11.1. The van der Waals surface area contributed by atoms with Crippen molar-refractivity contribution in [1.82, 2.24) is 4.98 Å². The van der Waals surface area contributed by atoms with Crippen molar-refractivity contribution in [2.24, 2.45) is 0 Å². The van der Waals surface area contributed by atoms with Crippen molar-refractivity contribution in [2.45, 2.75) is 23.8 Å². The summed E-state index contributed by atoms with van der Waals surface area (Å²) in [5, 5.41) is 18.5. The number of carboxylic acid groups (broad SMARTS) is 1. The minimum atomic E-state index is -1.06. The summed E-state index contributed by atoms with van der Waals surface area (Å²) in [5.41, 5.74) is 1.05. The highest BCUT2D eigenvalue weighted by atomic mass is 32.2. The molecule has 0 saturated heterocycles. The first-order valence-electron chi connectivity index (χ1n) is 4.89. The molecule has 0 amide bonds. The molecule has 1 aliphatic carbocycles. The summed E-state index contributed by atoms with van der Waals surface area (Å²) in [4.78, 5) is 15.4. The molecule has 0 radical (unpaired) electrons. The monoisotopic (exact) mass is 234 g/mol. The molecular weight excluding hydrogens is 224 g/mol. The van der Waals surface area contributed by atoms with E-state index in [4.69, 9.17) is 10.4 Å². The van der Waals surface area contributed by atoms with Gasteiger partial charge in [0.05, 0.1) is 11.1 Å². The molecule has 1 aromatic heterocycles. The van der Waals surface area contributed by atoms with Crippen LogP contribution in [0.3, 0.4) is 0 Å². The van der Waals surface area contributed by atoms with E-state index in [0.717, 1.165) is 18.5 Å². The summed E-state index contributed by atoms with van der Waals surface area (Å²) in [6, 6.07) is 3.46. The van der Waals surface area contributed by atoms with Crippen LogP contribution in [0, 0.1) is 11.3 Å². The summed E-state index contributed by atoms with van der Waals surface area (Å²) >= 11 is 1.31. The Hall–Kier alpha value is -1.54. The molecule has 0 aliphatic heterocycles. The lowest BCUT2D eigenvalue weighted by atomic mass is 10.1. The van der Waals surface area contributed by atoms with Crippen LogP contribution in [0.15, 0.2) is 11.1 Å². The van der Waals surface area contributed by atoms with Gasteiger partial charge in [-0.1, -0.05) is 0 Å². The van der Waals surface area contributed by atoms with E-state index >= 15 is 0 Å². The van der Waals surface area contributed by atoms with Gasteiger partial charge in [0.15, 0.2) is 0 Å². The maximum absolute atomic E-state index is 11.1. The molecule has 1 saturated carbocycles. The molecule has 0 aromatic carbocycles. The third-order valence-electron chi connectivity index (χ3n) is 2.54. The zero-order chi connectivity index (χ0) is 11.7. The standard InChI is InChI=1S/C11H10N2O2S/c1-16-10-8(5-12)7(11(14)15)4-9(13-10)6-2-3-6/h4,6H,2-3H2,1H3,(H,14,15). The van der Waals surface area contributed by atoms with Crippen molar-refractivity contribution >= 4 is 17.7 Å². The summed E-state index contributed by atoms with van der Waals surface area (Å²) in [6.45, 7) is 0. The Morgan fingerprint density at radius 2 is 2.38 bits per heavy atom. The number of hydrogen-bond acceptors (Lipinski definition) is 4. The third-order valence-corrected chi connectivity index (χ3v) is 3.22. The Kier molecular flexibility index (Phi) is 2.84. The number of carboxylic acids is 1. The van der Waals surface area contributed by atoms with E-state index < -0.39 is 5.97 Å². The van der Waals surface area contributed by atoms with Crippen LogP contribution in [0.4, 0.5) is 0 Å². The lowest BCUT2D eigenvalue weighted by Crippen LogP contribution is -2.05. The van der Waals surface area contributed by atoms with E-state index in [1.165, 1.54) is 17.8 Å². The van der Waals surface area contributed by atoms with Gasteiger partial charge in [-0.05, 0) is 25.2 Å².